The molecule has 0 radical (unpaired) electrons. The first kappa shape index (κ1) is 15.3. The van der Waals surface area contributed by atoms with Crippen LogP contribution >= 0.6 is 0 Å². The SMILES string of the molecule is Cc1ccc(N(CCC(=O)O)C(=O)N2CCNCC2)cc1. The minimum atomic E-state index is -0.903. The first-order chi connectivity index (χ1) is 10.1. The molecule has 1 saturated heterocycles. The average Bonchev–Trinajstić information content (AvgIpc) is 2.49. The van der Waals surface area contributed by atoms with E-state index in [1.54, 1.807) is 9.80 Å². The van der Waals surface area contributed by atoms with E-state index >= 15 is 0 Å². The second kappa shape index (κ2) is 7.08. The summed E-state index contributed by atoms with van der Waals surface area (Å²) in [6, 6.07) is 7.44. The number of carboxylic acid groups (broad SMARTS) is 1. The number of nitrogens with zero attached hydrogens (tertiary/aromatic N) is 2. The van der Waals surface area contributed by atoms with Crippen molar-refractivity contribution >= 4 is 17.7 Å². The number of carbonyl (C=O) groups is 2. The third-order valence-electron chi connectivity index (χ3n) is 3.51. The van der Waals surface area contributed by atoms with Gasteiger partial charge in [0.05, 0.1) is 6.42 Å². The van der Waals surface area contributed by atoms with Gasteiger partial charge in [-0.2, -0.15) is 0 Å². The molecule has 2 rings (SSSR count). The summed E-state index contributed by atoms with van der Waals surface area (Å²) < 4.78 is 0. The van der Waals surface area contributed by atoms with Gasteiger partial charge in [-0.15, -0.1) is 0 Å². The third kappa shape index (κ3) is 4.19. The van der Waals surface area contributed by atoms with Crippen LogP contribution in [-0.4, -0.2) is 54.7 Å². The normalized spacial score (nSPS) is 14.8. The molecule has 0 aromatic heterocycles. The van der Waals surface area contributed by atoms with Gasteiger partial charge in [0.25, 0.3) is 0 Å². The Hall–Kier alpha value is -2.08. The molecule has 1 fully saturated rings. The van der Waals surface area contributed by atoms with E-state index in [0.717, 1.165) is 24.3 Å². The van der Waals surface area contributed by atoms with Gasteiger partial charge in [0.2, 0.25) is 0 Å². The van der Waals surface area contributed by atoms with Crippen LogP contribution in [-0.2, 0) is 4.79 Å². The van der Waals surface area contributed by atoms with Gasteiger partial charge >= 0.3 is 12.0 Å². The second-order valence-electron chi connectivity index (χ2n) is 5.15. The highest BCUT2D eigenvalue weighted by Crippen LogP contribution is 2.18. The molecular formula is C15H21N3O3. The number of aryl methyl sites for hydroxylation is 1. The maximum atomic E-state index is 12.6. The molecular weight excluding hydrogens is 270 g/mol. The van der Waals surface area contributed by atoms with Crippen molar-refractivity contribution in [1.82, 2.24) is 10.2 Å². The van der Waals surface area contributed by atoms with Gasteiger partial charge in [0.15, 0.2) is 0 Å². The largest absolute Gasteiger partial charge is 0.481 e. The average molecular weight is 291 g/mol. The Balaban J connectivity index is 2.15. The maximum Gasteiger partial charge on any atom is 0.324 e. The quantitative estimate of drug-likeness (QED) is 0.877. The number of benzene rings is 1. The zero-order valence-corrected chi connectivity index (χ0v) is 12.2. The standard InChI is InChI=1S/C15H21N3O3/c1-12-2-4-13(5-3-12)18(9-6-14(19)20)15(21)17-10-7-16-8-11-17/h2-5,16H,6-11H2,1H3,(H,19,20). The molecule has 0 spiro atoms. The van der Waals surface area contributed by atoms with Crippen molar-refractivity contribution in [3.63, 3.8) is 0 Å². The van der Waals surface area contributed by atoms with Crippen molar-refractivity contribution in [2.45, 2.75) is 13.3 Å². The van der Waals surface area contributed by atoms with Crippen molar-refractivity contribution in [1.29, 1.82) is 0 Å². The minimum Gasteiger partial charge on any atom is -0.481 e. The van der Waals surface area contributed by atoms with Crippen LogP contribution in [0, 0.1) is 6.92 Å². The number of amides is 2. The van der Waals surface area contributed by atoms with Crippen LogP contribution in [0.3, 0.4) is 0 Å². The van der Waals surface area contributed by atoms with Crippen LogP contribution in [0.2, 0.25) is 0 Å². The number of piperazine rings is 1. The van der Waals surface area contributed by atoms with Gasteiger partial charge in [-0.1, -0.05) is 17.7 Å². The Morgan fingerprint density at radius 3 is 2.43 bits per heavy atom. The lowest BCUT2D eigenvalue weighted by molar-refractivity contribution is -0.136. The van der Waals surface area contributed by atoms with Gasteiger partial charge in [0, 0.05) is 38.4 Å². The summed E-state index contributed by atoms with van der Waals surface area (Å²) in [5, 5.41) is 12.1. The molecule has 6 nitrogen and oxygen atoms in total. The molecule has 2 N–H and O–H groups in total. The molecule has 0 atom stereocenters. The molecule has 21 heavy (non-hydrogen) atoms. The lowest BCUT2D eigenvalue weighted by atomic mass is 10.2. The van der Waals surface area contributed by atoms with Gasteiger partial charge in [-0.25, -0.2) is 4.79 Å². The van der Waals surface area contributed by atoms with Crippen molar-refractivity contribution in [3.8, 4) is 0 Å². The molecule has 1 aromatic rings. The number of hydrogen-bond acceptors (Lipinski definition) is 3. The van der Waals surface area contributed by atoms with Crippen LogP contribution in [0.15, 0.2) is 24.3 Å². The van der Waals surface area contributed by atoms with Crippen molar-refractivity contribution in [3.05, 3.63) is 29.8 Å². The molecule has 0 aliphatic carbocycles. The Labute approximate surface area is 124 Å². The van der Waals surface area contributed by atoms with E-state index in [1.807, 2.05) is 31.2 Å². The highest BCUT2D eigenvalue weighted by Gasteiger charge is 2.24. The molecule has 1 aliphatic rings. The van der Waals surface area contributed by atoms with Gasteiger partial charge in [0.1, 0.15) is 0 Å². The zero-order valence-electron chi connectivity index (χ0n) is 12.2. The first-order valence-corrected chi connectivity index (χ1v) is 7.13. The number of anilines is 1. The number of rotatable bonds is 4. The summed E-state index contributed by atoms with van der Waals surface area (Å²) >= 11 is 0. The van der Waals surface area contributed by atoms with E-state index in [4.69, 9.17) is 5.11 Å². The summed E-state index contributed by atoms with van der Waals surface area (Å²) in [6.45, 7) is 4.99. The molecule has 1 aliphatic heterocycles. The monoisotopic (exact) mass is 291 g/mol. The fraction of sp³-hybridized carbons (Fsp3) is 0.467. The van der Waals surface area contributed by atoms with E-state index < -0.39 is 5.97 Å². The smallest absolute Gasteiger partial charge is 0.324 e. The van der Waals surface area contributed by atoms with E-state index in [2.05, 4.69) is 5.32 Å². The van der Waals surface area contributed by atoms with Gasteiger partial charge < -0.3 is 15.3 Å². The predicted molar refractivity (Wildman–Crippen MR) is 80.6 cm³/mol. The minimum absolute atomic E-state index is 0.0638. The Kier molecular flexibility index (Phi) is 5.16. The summed E-state index contributed by atoms with van der Waals surface area (Å²) in [4.78, 5) is 26.8. The summed E-state index contributed by atoms with van der Waals surface area (Å²) in [6.07, 6.45) is -0.0638. The van der Waals surface area contributed by atoms with Gasteiger partial charge in [-0.05, 0) is 19.1 Å². The molecule has 2 amide bonds. The van der Waals surface area contributed by atoms with Gasteiger partial charge in [-0.3, -0.25) is 9.69 Å². The van der Waals surface area contributed by atoms with E-state index in [0.29, 0.717) is 13.1 Å². The third-order valence-corrected chi connectivity index (χ3v) is 3.51. The Morgan fingerprint density at radius 1 is 1.24 bits per heavy atom. The number of urea groups is 1. The predicted octanol–water partition coefficient (Wildman–Crippen LogP) is 1.30. The number of carboxylic acids is 1. The number of nitrogens with one attached hydrogen (secondary N) is 1. The molecule has 114 valence electrons. The Bertz CT molecular complexity index is 495. The fourth-order valence-corrected chi connectivity index (χ4v) is 2.29. The summed E-state index contributed by atoms with van der Waals surface area (Å²) in [7, 11) is 0. The zero-order chi connectivity index (χ0) is 15.2. The molecule has 1 heterocycles. The van der Waals surface area contributed by atoms with Crippen LogP contribution in [0.1, 0.15) is 12.0 Å². The molecule has 0 unspecified atom stereocenters. The van der Waals surface area contributed by atoms with Crippen LogP contribution in [0.5, 0.6) is 0 Å². The topological polar surface area (TPSA) is 72.9 Å². The molecule has 6 heteroatoms. The second-order valence-corrected chi connectivity index (χ2v) is 5.15. The summed E-state index contributed by atoms with van der Waals surface area (Å²) in [5.41, 5.74) is 1.84. The van der Waals surface area contributed by atoms with E-state index in [9.17, 15) is 9.59 Å². The number of hydrogen-bond donors (Lipinski definition) is 2. The van der Waals surface area contributed by atoms with E-state index in [-0.39, 0.29) is 19.0 Å². The molecule has 0 saturated carbocycles. The van der Waals surface area contributed by atoms with Crippen LogP contribution < -0.4 is 10.2 Å². The maximum absolute atomic E-state index is 12.6. The number of carbonyl (C=O) groups excluding carboxylic acids is 1. The summed E-state index contributed by atoms with van der Waals surface area (Å²) in [5.74, 6) is -0.903. The highest BCUT2D eigenvalue weighted by atomic mass is 16.4. The lowest BCUT2D eigenvalue weighted by Crippen LogP contribution is -2.52. The Morgan fingerprint density at radius 2 is 1.86 bits per heavy atom. The van der Waals surface area contributed by atoms with Crippen molar-refractivity contribution < 1.29 is 14.7 Å². The molecule has 0 bridgehead atoms. The van der Waals surface area contributed by atoms with Crippen LogP contribution in [0.4, 0.5) is 10.5 Å². The highest BCUT2D eigenvalue weighted by molar-refractivity contribution is 5.92. The van der Waals surface area contributed by atoms with Crippen molar-refractivity contribution in [2.24, 2.45) is 0 Å². The molecule has 1 aromatic carbocycles. The van der Waals surface area contributed by atoms with Crippen LogP contribution in [0.25, 0.3) is 0 Å². The fourth-order valence-electron chi connectivity index (χ4n) is 2.29. The first-order valence-electron chi connectivity index (χ1n) is 7.13. The number of aliphatic carboxylic acids is 1. The van der Waals surface area contributed by atoms with E-state index in [1.165, 1.54) is 0 Å². The lowest BCUT2D eigenvalue weighted by Gasteiger charge is -2.33. The van der Waals surface area contributed by atoms with Crippen molar-refractivity contribution in [2.75, 3.05) is 37.6 Å².